The van der Waals surface area contributed by atoms with E-state index < -0.39 is 0 Å². The third kappa shape index (κ3) is 3.51. The largest absolute Gasteiger partial charge is 0.350 e. The molecule has 1 aliphatic rings. The average molecular weight is 444 g/mol. The van der Waals surface area contributed by atoms with Crippen molar-refractivity contribution in [3.63, 3.8) is 0 Å². The minimum Gasteiger partial charge on any atom is -0.350 e. The van der Waals surface area contributed by atoms with Crippen LogP contribution in [-0.4, -0.2) is 20.4 Å². The summed E-state index contributed by atoms with van der Waals surface area (Å²) in [4.78, 5) is 21.7. The molecular weight excluding hydrogens is 422 g/mol. The molecule has 0 saturated carbocycles. The maximum Gasteiger partial charge on any atom is 0.256 e. The van der Waals surface area contributed by atoms with Crippen LogP contribution in [0.4, 0.5) is 17.3 Å². The number of hydrogen-bond donors (Lipinski definition) is 2. The Bertz CT molecular complexity index is 1580. The molecule has 0 spiro atoms. The van der Waals surface area contributed by atoms with Crippen molar-refractivity contribution >= 4 is 45.8 Å². The summed E-state index contributed by atoms with van der Waals surface area (Å²) in [7, 11) is 2.01. The highest BCUT2D eigenvalue weighted by Crippen LogP contribution is 2.35. The van der Waals surface area contributed by atoms with E-state index in [1.54, 1.807) is 6.20 Å². The predicted octanol–water partition coefficient (Wildman–Crippen LogP) is 5.87. The Balaban J connectivity index is 1.37. The maximum atomic E-state index is 12.6. The lowest BCUT2D eigenvalue weighted by Gasteiger charge is -2.08. The Morgan fingerprint density at radius 1 is 0.971 bits per heavy atom. The van der Waals surface area contributed by atoms with E-state index in [1.165, 1.54) is 0 Å². The lowest BCUT2D eigenvalue weighted by atomic mass is 10.0. The highest BCUT2D eigenvalue weighted by molar-refractivity contribution is 6.35. The molecule has 0 atom stereocenters. The molecule has 1 aliphatic heterocycles. The smallest absolute Gasteiger partial charge is 0.256 e. The van der Waals surface area contributed by atoms with Crippen molar-refractivity contribution < 1.29 is 4.79 Å². The van der Waals surface area contributed by atoms with E-state index in [0.29, 0.717) is 11.5 Å². The van der Waals surface area contributed by atoms with Crippen LogP contribution < -0.4 is 10.6 Å². The lowest BCUT2D eigenvalue weighted by molar-refractivity contribution is -0.110. The van der Waals surface area contributed by atoms with E-state index in [1.807, 2.05) is 86.1 Å². The fourth-order valence-corrected chi connectivity index (χ4v) is 4.37. The number of para-hydroxylation sites is 1. The van der Waals surface area contributed by atoms with E-state index in [0.717, 1.165) is 44.7 Å². The molecule has 0 bridgehead atoms. The molecule has 2 N–H and O–H groups in total. The Labute approximate surface area is 196 Å². The molecule has 0 unspecified atom stereocenters. The molecule has 0 radical (unpaired) electrons. The van der Waals surface area contributed by atoms with Gasteiger partial charge in [-0.1, -0.05) is 48.5 Å². The van der Waals surface area contributed by atoms with E-state index >= 15 is 0 Å². The first-order valence-corrected chi connectivity index (χ1v) is 11.0. The molecule has 5 aromatic rings. The molecule has 6 rings (SSSR count). The molecule has 3 aromatic carbocycles. The van der Waals surface area contributed by atoms with Crippen molar-refractivity contribution in [1.29, 1.82) is 0 Å². The summed E-state index contributed by atoms with van der Waals surface area (Å²) in [5.41, 5.74) is 7.25. The number of anilines is 3. The van der Waals surface area contributed by atoms with Crippen LogP contribution in [0, 0.1) is 0 Å². The summed E-state index contributed by atoms with van der Waals surface area (Å²) in [5.74, 6) is 0.444. The van der Waals surface area contributed by atoms with Gasteiger partial charge >= 0.3 is 0 Å². The summed E-state index contributed by atoms with van der Waals surface area (Å²) in [5, 5.41) is 7.31. The molecule has 1 amide bonds. The summed E-state index contributed by atoms with van der Waals surface area (Å²) in [6.07, 6.45) is 5.76. The molecule has 0 aliphatic carbocycles. The van der Waals surface area contributed by atoms with Gasteiger partial charge in [0.1, 0.15) is 0 Å². The van der Waals surface area contributed by atoms with Gasteiger partial charge < -0.3 is 15.2 Å². The molecular formula is C28H21N5O. The highest BCUT2D eigenvalue weighted by atomic mass is 16.2. The first kappa shape index (κ1) is 19.9. The zero-order valence-electron chi connectivity index (χ0n) is 18.5. The fraction of sp³-hybridized carbons (Fsp3) is 0.0357. The van der Waals surface area contributed by atoms with Gasteiger partial charge in [0.15, 0.2) is 0 Å². The maximum absolute atomic E-state index is 12.6. The SMILES string of the molecule is Cn1cc(/C=C2/C(=O)Nc3ccccc32)c2cc(Nc3nccc(-c4ccccc4)n3)ccc21. The Morgan fingerprint density at radius 2 is 1.79 bits per heavy atom. The monoisotopic (exact) mass is 443 g/mol. The Kier molecular flexibility index (Phi) is 4.70. The second-order valence-corrected chi connectivity index (χ2v) is 8.24. The average Bonchev–Trinajstić information content (AvgIpc) is 3.35. The summed E-state index contributed by atoms with van der Waals surface area (Å²) < 4.78 is 2.07. The van der Waals surface area contributed by atoms with Crippen LogP contribution in [0.25, 0.3) is 33.8 Å². The number of fused-ring (bicyclic) bond motifs is 2. The number of nitrogens with zero attached hydrogens (tertiary/aromatic N) is 3. The minimum absolute atomic E-state index is 0.0846. The summed E-state index contributed by atoms with van der Waals surface area (Å²) >= 11 is 0. The molecule has 6 nitrogen and oxygen atoms in total. The van der Waals surface area contributed by atoms with Gasteiger partial charge in [0.25, 0.3) is 5.91 Å². The van der Waals surface area contributed by atoms with Gasteiger partial charge in [-0.3, -0.25) is 4.79 Å². The van der Waals surface area contributed by atoms with Gasteiger partial charge in [-0.2, -0.15) is 0 Å². The van der Waals surface area contributed by atoms with Crippen molar-refractivity contribution in [2.45, 2.75) is 0 Å². The van der Waals surface area contributed by atoms with Gasteiger partial charge in [-0.25, -0.2) is 9.97 Å². The van der Waals surface area contributed by atoms with Crippen molar-refractivity contribution in [2.75, 3.05) is 10.6 Å². The Hall–Kier alpha value is -4.71. The first-order chi connectivity index (χ1) is 16.7. The van der Waals surface area contributed by atoms with Crippen LogP contribution in [0.3, 0.4) is 0 Å². The van der Waals surface area contributed by atoms with E-state index in [9.17, 15) is 4.79 Å². The first-order valence-electron chi connectivity index (χ1n) is 11.0. The third-order valence-electron chi connectivity index (χ3n) is 6.01. The summed E-state index contributed by atoms with van der Waals surface area (Å²) in [6.45, 7) is 0. The highest BCUT2D eigenvalue weighted by Gasteiger charge is 2.23. The molecule has 6 heteroatoms. The van der Waals surface area contributed by atoms with Gasteiger partial charge in [-0.05, 0) is 36.4 Å². The van der Waals surface area contributed by atoms with Crippen LogP contribution in [0.5, 0.6) is 0 Å². The molecule has 164 valence electrons. The Morgan fingerprint density at radius 3 is 2.68 bits per heavy atom. The third-order valence-corrected chi connectivity index (χ3v) is 6.01. The number of carbonyl (C=O) groups excluding carboxylic acids is 1. The van der Waals surface area contributed by atoms with Crippen LogP contribution in [0.2, 0.25) is 0 Å². The molecule has 0 fully saturated rings. The number of aryl methyl sites for hydroxylation is 1. The van der Waals surface area contributed by atoms with E-state index in [-0.39, 0.29) is 5.91 Å². The van der Waals surface area contributed by atoms with Crippen molar-refractivity contribution in [1.82, 2.24) is 14.5 Å². The predicted molar refractivity (Wildman–Crippen MR) is 137 cm³/mol. The number of aromatic nitrogens is 3. The molecule has 0 saturated heterocycles. The molecule has 3 heterocycles. The summed E-state index contributed by atoms with van der Waals surface area (Å²) in [6, 6.07) is 25.8. The molecule has 34 heavy (non-hydrogen) atoms. The number of nitrogens with one attached hydrogen (secondary N) is 2. The van der Waals surface area contributed by atoms with Crippen LogP contribution >= 0.6 is 0 Å². The van der Waals surface area contributed by atoms with Gasteiger partial charge in [-0.15, -0.1) is 0 Å². The van der Waals surface area contributed by atoms with Gasteiger partial charge in [0.2, 0.25) is 5.95 Å². The fourth-order valence-electron chi connectivity index (χ4n) is 4.37. The van der Waals surface area contributed by atoms with Gasteiger partial charge in [0.05, 0.1) is 5.69 Å². The second-order valence-electron chi connectivity index (χ2n) is 8.24. The van der Waals surface area contributed by atoms with Crippen LogP contribution in [0.1, 0.15) is 11.1 Å². The van der Waals surface area contributed by atoms with E-state index in [4.69, 9.17) is 0 Å². The van der Waals surface area contributed by atoms with Crippen molar-refractivity contribution in [3.05, 3.63) is 102 Å². The number of carbonyl (C=O) groups is 1. The minimum atomic E-state index is -0.0846. The number of amides is 1. The van der Waals surface area contributed by atoms with Crippen molar-refractivity contribution in [3.8, 4) is 11.3 Å². The molecule has 2 aromatic heterocycles. The normalized spacial score (nSPS) is 13.8. The number of benzene rings is 3. The topological polar surface area (TPSA) is 71.8 Å². The van der Waals surface area contributed by atoms with Crippen LogP contribution in [0.15, 0.2) is 91.3 Å². The second kappa shape index (κ2) is 8.01. The zero-order valence-corrected chi connectivity index (χ0v) is 18.5. The lowest BCUT2D eigenvalue weighted by Crippen LogP contribution is -2.03. The van der Waals surface area contributed by atoms with E-state index in [2.05, 4.69) is 37.3 Å². The standard InChI is InChI=1S/C28H21N5O/c1-33-17-19(15-23-21-9-5-6-10-25(21)31-27(23)34)22-16-20(11-12-26(22)33)30-28-29-14-13-24(32-28)18-7-3-2-4-8-18/h2-17H,1H3,(H,31,34)(H,29,30,32)/b23-15+. The number of hydrogen-bond acceptors (Lipinski definition) is 4. The van der Waals surface area contributed by atoms with Crippen molar-refractivity contribution in [2.24, 2.45) is 7.05 Å². The van der Waals surface area contributed by atoms with Crippen LogP contribution in [-0.2, 0) is 11.8 Å². The van der Waals surface area contributed by atoms with Gasteiger partial charge in [0, 0.05) is 64.0 Å². The zero-order chi connectivity index (χ0) is 23.1. The quantitative estimate of drug-likeness (QED) is 0.341. The number of rotatable bonds is 4.